The molecule has 140 valence electrons. The highest BCUT2D eigenvalue weighted by Gasteiger charge is 2.22. The van der Waals surface area contributed by atoms with Crippen LogP contribution in [0.5, 0.6) is 0 Å². The fourth-order valence-corrected chi connectivity index (χ4v) is 3.71. The molecular weight excluding hydrogens is 336 g/mol. The summed E-state index contributed by atoms with van der Waals surface area (Å²) in [5, 5.41) is 3.37. The minimum Gasteiger partial charge on any atom is -0.462 e. The third-order valence-electron chi connectivity index (χ3n) is 5.28. The number of aryl methyl sites for hydroxylation is 1. The van der Waals surface area contributed by atoms with E-state index in [4.69, 9.17) is 4.74 Å². The quantitative estimate of drug-likeness (QED) is 0.768. The Balaban J connectivity index is 0.00000225. The fourth-order valence-electron chi connectivity index (χ4n) is 3.71. The van der Waals surface area contributed by atoms with Crippen LogP contribution < -0.4 is 5.32 Å². The van der Waals surface area contributed by atoms with Crippen LogP contribution >= 0.6 is 12.4 Å². The van der Waals surface area contributed by atoms with E-state index in [1.54, 1.807) is 0 Å². The molecule has 2 aliphatic rings. The van der Waals surface area contributed by atoms with Crippen molar-refractivity contribution < 1.29 is 9.53 Å². The van der Waals surface area contributed by atoms with E-state index in [9.17, 15) is 4.79 Å². The van der Waals surface area contributed by atoms with Gasteiger partial charge in [0.25, 0.3) is 0 Å². The molecule has 0 bridgehead atoms. The number of rotatable bonds is 6. The van der Waals surface area contributed by atoms with Crippen molar-refractivity contribution in [2.24, 2.45) is 5.92 Å². The molecule has 0 aromatic heterocycles. The molecule has 0 saturated carbocycles. The average Bonchev–Trinajstić information content (AvgIpc) is 2.64. The molecule has 0 unspecified atom stereocenters. The molecule has 25 heavy (non-hydrogen) atoms. The smallest absolute Gasteiger partial charge is 0.340 e. The number of carbonyl (C=O) groups excluding carboxylic acids is 1. The Bertz CT molecular complexity index is 557. The molecule has 1 saturated heterocycles. The molecule has 1 N–H and O–H groups in total. The van der Waals surface area contributed by atoms with Crippen LogP contribution in [0.4, 0.5) is 5.69 Å². The third kappa shape index (κ3) is 5.35. The highest BCUT2D eigenvalue weighted by atomic mass is 35.5. The monoisotopic (exact) mass is 366 g/mol. The van der Waals surface area contributed by atoms with Crippen LogP contribution in [-0.2, 0) is 11.2 Å². The molecule has 1 aromatic carbocycles. The van der Waals surface area contributed by atoms with Crippen LogP contribution in [0.25, 0.3) is 0 Å². The zero-order valence-electron chi connectivity index (χ0n) is 15.3. The summed E-state index contributed by atoms with van der Waals surface area (Å²) < 4.78 is 5.65. The second-order valence-corrected chi connectivity index (χ2v) is 7.11. The van der Waals surface area contributed by atoms with Gasteiger partial charge in [-0.25, -0.2) is 4.79 Å². The number of fused-ring (bicyclic) bond motifs is 1. The van der Waals surface area contributed by atoms with Crippen molar-refractivity contribution in [3.8, 4) is 0 Å². The molecule has 4 nitrogen and oxygen atoms in total. The van der Waals surface area contributed by atoms with Crippen molar-refractivity contribution in [2.45, 2.75) is 45.4 Å². The summed E-state index contributed by atoms with van der Waals surface area (Å²) in [4.78, 5) is 15.0. The van der Waals surface area contributed by atoms with E-state index in [-0.39, 0.29) is 18.4 Å². The molecule has 1 fully saturated rings. The first kappa shape index (κ1) is 20.1. The molecule has 5 heteroatoms. The Morgan fingerprint density at radius 1 is 1.32 bits per heavy atom. The lowest BCUT2D eigenvalue weighted by molar-refractivity contribution is 0.0373. The van der Waals surface area contributed by atoms with Crippen molar-refractivity contribution in [2.75, 3.05) is 38.1 Å². The summed E-state index contributed by atoms with van der Waals surface area (Å²) in [7, 11) is 0. The summed E-state index contributed by atoms with van der Waals surface area (Å²) >= 11 is 0. The Labute approximate surface area is 157 Å². The van der Waals surface area contributed by atoms with Gasteiger partial charge in [-0.1, -0.05) is 25.5 Å². The second kappa shape index (κ2) is 10.0. The topological polar surface area (TPSA) is 41.6 Å². The lowest BCUT2D eigenvalue weighted by Crippen LogP contribution is -2.36. The van der Waals surface area contributed by atoms with E-state index in [1.165, 1.54) is 24.9 Å². The van der Waals surface area contributed by atoms with E-state index in [0.29, 0.717) is 18.1 Å². The number of hydrogen-bond acceptors (Lipinski definition) is 4. The van der Waals surface area contributed by atoms with Gasteiger partial charge in [0.05, 0.1) is 17.9 Å². The van der Waals surface area contributed by atoms with Crippen molar-refractivity contribution in [3.63, 3.8) is 0 Å². The van der Waals surface area contributed by atoms with E-state index in [1.807, 2.05) is 12.1 Å². The van der Waals surface area contributed by atoms with Gasteiger partial charge in [-0.15, -0.1) is 12.4 Å². The number of ether oxygens (including phenoxy) is 1. The predicted octanol–water partition coefficient (Wildman–Crippen LogP) is 4.14. The van der Waals surface area contributed by atoms with E-state index in [2.05, 4.69) is 23.2 Å². The highest BCUT2D eigenvalue weighted by molar-refractivity contribution is 5.96. The van der Waals surface area contributed by atoms with Crippen LogP contribution in [-0.4, -0.2) is 43.7 Å². The summed E-state index contributed by atoms with van der Waals surface area (Å²) in [6, 6.07) is 5.95. The van der Waals surface area contributed by atoms with Crippen molar-refractivity contribution in [1.29, 1.82) is 0 Å². The summed E-state index contributed by atoms with van der Waals surface area (Å²) in [5.41, 5.74) is 2.93. The van der Waals surface area contributed by atoms with E-state index in [0.717, 1.165) is 51.0 Å². The van der Waals surface area contributed by atoms with Crippen LogP contribution in [0, 0.1) is 5.92 Å². The Morgan fingerprint density at radius 2 is 2.12 bits per heavy atom. The summed E-state index contributed by atoms with van der Waals surface area (Å²) in [5.74, 6) is 0.342. The van der Waals surface area contributed by atoms with Gasteiger partial charge in [-0.3, -0.25) is 0 Å². The molecule has 2 aliphatic heterocycles. The fraction of sp³-hybridized carbons (Fsp3) is 0.650. The first-order valence-corrected chi connectivity index (χ1v) is 9.53. The Kier molecular flexibility index (Phi) is 8.04. The molecular formula is C20H31ClN2O2. The number of likely N-dealkylation sites (tertiary alicyclic amines) is 1. The Morgan fingerprint density at radius 3 is 2.88 bits per heavy atom. The zero-order valence-corrected chi connectivity index (χ0v) is 16.1. The Hall–Kier alpha value is -1.26. The maximum absolute atomic E-state index is 12.5. The number of anilines is 1. The summed E-state index contributed by atoms with van der Waals surface area (Å²) in [6.07, 6.45) is 6.99. The van der Waals surface area contributed by atoms with Crippen LogP contribution in [0.1, 0.15) is 54.9 Å². The standard InChI is InChI=1S/C20H30N2O2.ClH/c1-2-3-12-22-13-9-16(10-14-22)15-24-20(23)18-8-4-6-17-7-5-11-21-19(17)18;/h4,6,8,16,21H,2-3,5,7,9-15H2,1H3;1H. The van der Waals surface area contributed by atoms with Crippen molar-refractivity contribution >= 4 is 24.1 Å². The average molecular weight is 367 g/mol. The number of para-hydroxylation sites is 1. The predicted molar refractivity (Wildman–Crippen MR) is 105 cm³/mol. The van der Waals surface area contributed by atoms with Gasteiger partial charge < -0.3 is 15.0 Å². The molecule has 2 heterocycles. The van der Waals surface area contributed by atoms with Gasteiger partial charge in [-0.05, 0) is 69.3 Å². The number of unbranched alkanes of at least 4 members (excludes halogenated alkanes) is 1. The number of nitrogens with one attached hydrogen (secondary N) is 1. The molecule has 0 radical (unpaired) electrons. The number of halogens is 1. The largest absolute Gasteiger partial charge is 0.462 e. The van der Waals surface area contributed by atoms with Gasteiger partial charge in [0, 0.05) is 6.54 Å². The minimum absolute atomic E-state index is 0. The lowest BCUT2D eigenvalue weighted by atomic mass is 9.97. The van der Waals surface area contributed by atoms with Crippen molar-refractivity contribution in [3.05, 3.63) is 29.3 Å². The first-order valence-electron chi connectivity index (χ1n) is 9.53. The molecule has 0 aliphatic carbocycles. The molecule has 1 aromatic rings. The number of nitrogens with zero attached hydrogens (tertiary/aromatic N) is 1. The number of esters is 1. The minimum atomic E-state index is -0.172. The highest BCUT2D eigenvalue weighted by Crippen LogP contribution is 2.27. The molecule has 0 amide bonds. The molecule has 0 spiro atoms. The zero-order chi connectivity index (χ0) is 16.8. The van der Waals surface area contributed by atoms with Crippen LogP contribution in [0.2, 0.25) is 0 Å². The number of carbonyl (C=O) groups is 1. The molecule has 0 atom stereocenters. The molecule has 3 rings (SSSR count). The lowest BCUT2D eigenvalue weighted by Gasteiger charge is -2.31. The number of benzene rings is 1. The van der Waals surface area contributed by atoms with E-state index >= 15 is 0 Å². The van der Waals surface area contributed by atoms with Gasteiger partial charge in [0.15, 0.2) is 0 Å². The van der Waals surface area contributed by atoms with Gasteiger partial charge >= 0.3 is 5.97 Å². The second-order valence-electron chi connectivity index (χ2n) is 7.11. The van der Waals surface area contributed by atoms with Gasteiger partial charge in [0.2, 0.25) is 0 Å². The normalized spacial score (nSPS) is 18.0. The first-order chi connectivity index (χ1) is 11.8. The maximum Gasteiger partial charge on any atom is 0.340 e. The van der Waals surface area contributed by atoms with Gasteiger partial charge in [0.1, 0.15) is 0 Å². The van der Waals surface area contributed by atoms with Crippen LogP contribution in [0.3, 0.4) is 0 Å². The van der Waals surface area contributed by atoms with Crippen LogP contribution in [0.15, 0.2) is 18.2 Å². The maximum atomic E-state index is 12.5. The van der Waals surface area contributed by atoms with E-state index < -0.39 is 0 Å². The number of hydrogen-bond donors (Lipinski definition) is 1. The number of piperidine rings is 1. The SMILES string of the molecule is CCCCN1CCC(COC(=O)c2cccc3c2NCCC3)CC1.Cl. The van der Waals surface area contributed by atoms with Gasteiger partial charge in [-0.2, -0.15) is 0 Å². The summed E-state index contributed by atoms with van der Waals surface area (Å²) in [6.45, 7) is 7.24. The third-order valence-corrected chi connectivity index (χ3v) is 5.28. The van der Waals surface area contributed by atoms with Crippen molar-refractivity contribution in [1.82, 2.24) is 4.90 Å².